The van der Waals surface area contributed by atoms with E-state index in [1.165, 1.54) is 5.32 Å². The van der Waals surface area contributed by atoms with Crippen molar-refractivity contribution in [2.24, 2.45) is 5.14 Å². The summed E-state index contributed by atoms with van der Waals surface area (Å²) in [6.07, 6.45) is -4.32. The van der Waals surface area contributed by atoms with Gasteiger partial charge in [-0.05, 0) is 49.8 Å². The Bertz CT molecular complexity index is 1870. The van der Waals surface area contributed by atoms with E-state index < -0.39 is 133 Å². The predicted octanol–water partition coefficient (Wildman–Crippen LogP) is 2.34. The number of hydrogen-bond donors (Lipinski definition) is 2. The number of nitrogens with one attached hydrogen (secondary N) is 1. The number of methoxy groups -OCH3 is 1. The second-order valence-corrected chi connectivity index (χ2v) is 5.87. The van der Waals surface area contributed by atoms with Crippen LogP contribution in [0.1, 0.15) is 53.5 Å². The fourth-order valence-corrected chi connectivity index (χ4v) is 2.11. The second-order valence-electron chi connectivity index (χ2n) is 4.37. The van der Waals surface area contributed by atoms with Crippen LogP contribution in [0, 0.1) is 0 Å². The molecule has 0 heterocycles. The van der Waals surface area contributed by atoms with Crippen LogP contribution in [-0.4, -0.2) is 41.1 Å². The topological polar surface area (TPSA) is 99.9 Å². The highest BCUT2D eigenvalue weighted by Crippen LogP contribution is 2.26. The Kier molecular flexibility index (Phi) is 2.16. The van der Waals surface area contributed by atoms with Crippen LogP contribution in [0.5, 0.6) is 17.2 Å². The molecule has 2 rings (SSSR count). The molecule has 0 aliphatic rings. The fourth-order valence-electron chi connectivity index (χ4n) is 1.52. The van der Waals surface area contributed by atoms with E-state index in [1.807, 2.05) is 0 Å². The van der Waals surface area contributed by atoms with Crippen LogP contribution in [0.25, 0.3) is 0 Å². The molecule has 8 heteroatoms. The van der Waals surface area contributed by atoms with Crippen molar-refractivity contribution < 1.29 is 56.9 Å². The summed E-state index contributed by atoms with van der Waals surface area (Å²) in [6.45, 7) is -20.3. The van der Waals surface area contributed by atoms with Crippen LogP contribution in [-0.2, 0) is 16.4 Å². The Hall–Kier alpha value is -2.29. The molecule has 0 aliphatic carbocycles. The van der Waals surface area contributed by atoms with Crippen molar-refractivity contribution in [3.8, 4) is 17.2 Å². The maximum Gasteiger partial charge on any atom is 0.241 e. The number of para-hydroxylation sites is 2. The molecular weight excluding hydrogens is 380 g/mol. The highest BCUT2D eigenvalue weighted by molar-refractivity contribution is 7.89. The molecule has 0 aromatic heterocycles. The molecule has 0 saturated carbocycles. The summed E-state index contributed by atoms with van der Waals surface area (Å²) in [6, 6.07) is -14.8. The van der Waals surface area contributed by atoms with Crippen molar-refractivity contribution in [1.29, 1.82) is 0 Å². The zero-order valence-corrected chi connectivity index (χ0v) is 14.3. The maximum atomic E-state index is 12.5. The van der Waals surface area contributed by atoms with Crippen LogP contribution >= 0.6 is 0 Å². The molecule has 7 nitrogen and oxygen atoms in total. The van der Waals surface area contributed by atoms with E-state index in [9.17, 15) is 8.42 Å². The first kappa shape index (κ1) is 5.87. The van der Waals surface area contributed by atoms with E-state index >= 15 is 0 Å². The zero-order valence-electron chi connectivity index (χ0n) is 38.5. The molecular formula is C20H28N2O5S. The SMILES string of the molecule is [2H]c1c([2H])c([2H])c(OC([2H])([2H])C([2H])([2H])N[C@]([2H])(C([2H])([2H])[2H])C([2H])([2H])c2c([2H])c([2H])c(OC([2H])([2H])[2H])c(S(N)(=O)=O)c2[2H])c(OC([2H])([2H])C([2H])([2H])[2H])c1[2H]. The molecule has 28 heavy (non-hydrogen) atoms. The van der Waals surface area contributed by atoms with E-state index in [-0.39, 0.29) is 0 Å². The molecule has 1 atom stereocenters. The Balaban J connectivity index is 2.94. The largest absolute Gasteiger partial charge is 0.495 e. The van der Waals surface area contributed by atoms with Gasteiger partial charge in [0.05, 0.1) is 32.8 Å². The number of benzene rings is 2. The first-order chi connectivity index (χ1) is 23.1. The average molecular weight is 434 g/mol. The first-order valence-electron chi connectivity index (χ1n) is 19.2. The second kappa shape index (κ2) is 10.3. The number of ether oxygens (including phenoxy) is 3. The molecule has 0 spiro atoms. The standard InChI is InChI=1S/C20H28N2O5S/c1-4-26-17-7-5-6-8-18(17)27-12-11-22-15(2)13-16-9-10-19(25-3)20(14-16)28(21,23)24/h5-10,14-15,22H,4,11-13H2,1-3H3,(H2,21,23,24)/t15-/m1/s1/i1D3,2D3,3D3,4D2,5D,6D,7D,8D,9D,10D,11D2,12D2,13D2,14D,15D. The average Bonchev–Trinajstić information content (AvgIpc) is 2.92. The van der Waals surface area contributed by atoms with E-state index in [0.717, 1.165) is 0 Å². The Morgan fingerprint density at radius 3 is 2.71 bits per heavy atom. The van der Waals surface area contributed by atoms with Crippen LogP contribution in [0.15, 0.2) is 47.2 Å². The smallest absolute Gasteiger partial charge is 0.241 e. The first-order valence-corrected chi connectivity index (χ1v) is 8.29. The van der Waals surface area contributed by atoms with E-state index in [1.54, 1.807) is 0 Å². The van der Waals surface area contributed by atoms with E-state index in [2.05, 4.69) is 9.47 Å². The third kappa shape index (κ3) is 6.40. The predicted molar refractivity (Wildman–Crippen MR) is 109 cm³/mol. The molecule has 3 N–H and O–H groups in total. The zero-order chi connectivity index (χ0) is 42.3. The summed E-state index contributed by atoms with van der Waals surface area (Å²) in [4.78, 5) is -1.77. The Labute approximate surface area is 202 Å². The van der Waals surface area contributed by atoms with E-state index in [4.69, 9.17) is 44.1 Å². The minimum Gasteiger partial charge on any atom is -0.495 e. The monoisotopic (exact) mass is 433 g/mol. The summed E-state index contributed by atoms with van der Waals surface area (Å²) in [7, 11) is -8.99. The van der Waals surface area contributed by atoms with Gasteiger partial charge in [0.25, 0.3) is 0 Å². The normalized spacial score (nSPS) is 30.0. The molecule has 2 aromatic carbocycles. The lowest BCUT2D eigenvalue weighted by atomic mass is 10.1. The minimum absolute atomic E-state index is 1.18. The fraction of sp³-hybridized carbons (Fsp3) is 0.400. The molecule has 0 unspecified atom stereocenters. The van der Waals surface area contributed by atoms with Crippen LogP contribution < -0.4 is 24.7 Å². The van der Waals surface area contributed by atoms with Crippen molar-refractivity contribution in [2.45, 2.75) is 31.0 Å². The van der Waals surface area contributed by atoms with Crippen molar-refractivity contribution in [1.82, 2.24) is 5.32 Å². The van der Waals surface area contributed by atoms with Crippen molar-refractivity contribution >= 4 is 10.0 Å². The van der Waals surface area contributed by atoms with Crippen LogP contribution in [0.2, 0.25) is 0 Å². The van der Waals surface area contributed by atoms with E-state index in [0.29, 0.717) is 0 Å². The van der Waals surface area contributed by atoms with Gasteiger partial charge in [0, 0.05) is 27.6 Å². The number of nitrogens with two attached hydrogens (primary N) is 1. The van der Waals surface area contributed by atoms with Gasteiger partial charge in [-0.2, -0.15) is 0 Å². The quantitative estimate of drug-likeness (QED) is 0.564. The number of primary sulfonamides is 1. The lowest BCUT2D eigenvalue weighted by molar-refractivity contribution is 0.272. The lowest BCUT2D eigenvalue weighted by Crippen LogP contribution is -2.32. The van der Waals surface area contributed by atoms with Crippen molar-refractivity contribution in [2.75, 3.05) is 26.7 Å². The molecule has 0 aliphatic heterocycles. The van der Waals surface area contributed by atoms with Gasteiger partial charge in [-0.25, -0.2) is 13.6 Å². The highest BCUT2D eigenvalue weighted by atomic mass is 32.2. The molecule has 0 fully saturated rings. The Morgan fingerprint density at radius 1 is 1.25 bits per heavy atom. The van der Waals surface area contributed by atoms with Gasteiger partial charge in [-0.15, -0.1) is 0 Å². The van der Waals surface area contributed by atoms with Gasteiger partial charge in [0.2, 0.25) is 10.0 Å². The van der Waals surface area contributed by atoms with Gasteiger partial charge < -0.3 is 19.5 Å². The van der Waals surface area contributed by atoms with Crippen LogP contribution in [0.4, 0.5) is 0 Å². The molecule has 2 aromatic rings. The molecule has 154 valence electrons. The van der Waals surface area contributed by atoms with Crippen molar-refractivity contribution in [3.05, 3.63) is 47.9 Å². The molecule has 0 amide bonds. The highest BCUT2D eigenvalue weighted by Gasteiger charge is 2.16. The lowest BCUT2D eigenvalue weighted by Gasteiger charge is -2.16. The number of rotatable bonds is 11. The van der Waals surface area contributed by atoms with Crippen molar-refractivity contribution in [3.63, 3.8) is 0 Å². The molecule has 0 saturated heterocycles. The summed E-state index contributed by atoms with van der Waals surface area (Å²) in [5.41, 5.74) is -1.81. The third-order valence-corrected chi connectivity index (χ3v) is 3.40. The third-order valence-electron chi connectivity index (χ3n) is 2.55. The van der Waals surface area contributed by atoms with Gasteiger partial charge >= 0.3 is 0 Å². The van der Waals surface area contributed by atoms with Gasteiger partial charge in [0.15, 0.2) is 11.5 Å². The van der Waals surface area contributed by atoms with Crippen LogP contribution in [0.3, 0.4) is 0 Å². The molecule has 0 radical (unpaired) electrons. The Morgan fingerprint density at radius 2 is 2.04 bits per heavy atom. The summed E-state index contributed by atoms with van der Waals surface area (Å²) in [5, 5.41) is 6.24. The molecule has 0 bridgehead atoms. The van der Waals surface area contributed by atoms with Gasteiger partial charge in [-0.1, -0.05) is 18.1 Å². The number of sulfonamides is 1. The maximum absolute atomic E-state index is 12.5. The summed E-state index contributed by atoms with van der Waals surface area (Å²) < 4.78 is 237. The minimum atomic E-state index is -5.42. The summed E-state index contributed by atoms with van der Waals surface area (Å²) in [5.74, 6) is -4.71. The number of hydrogen-bond acceptors (Lipinski definition) is 6. The van der Waals surface area contributed by atoms with Gasteiger partial charge in [-0.3, -0.25) is 0 Å². The summed E-state index contributed by atoms with van der Waals surface area (Å²) >= 11 is 0. The van der Waals surface area contributed by atoms with Gasteiger partial charge in [0.1, 0.15) is 17.2 Å².